The van der Waals surface area contributed by atoms with Gasteiger partial charge in [0.25, 0.3) is 0 Å². The van der Waals surface area contributed by atoms with Crippen LogP contribution < -0.4 is 5.32 Å². The molecule has 0 spiro atoms. The molecular weight excluding hydrogens is 280 g/mol. The molecule has 0 atom stereocenters. The molecule has 0 fully saturated rings. The summed E-state index contributed by atoms with van der Waals surface area (Å²) in [6.07, 6.45) is 2.53. The first kappa shape index (κ1) is 14.6. The average Bonchev–Trinajstić information content (AvgIpc) is 2.86. The van der Waals surface area contributed by atoms with E-state index in [-0.39, 0.29) is 5.54 Å². The van der Waals surface area contributed by atoms with Crippen LogP contribution in [0, 0.1) is 6.92 Å². The van der Waals surface area contributed by atoms with Crippen molar-refractivity contribution in [3.63, 3.8) is 0 Å². The third-order valence-electron chi connectivity index (χ3n) is 2.67. The van der Waals surface area contributed by atoms with Gasteiger partial charge in [-0.25, -0.2) is 4.98 Å². The minimum Gasteiger partial charge on any atom is -0.440 e. The van der Waals surface area contributed by atoms with Crippen molar-refractivity contribution in [1.82, 2.24) is 10.3 Å². The van der Waals surface area contributed by atoms with E-state index in [1.54, 1.807) is 17.5 Å². The fourth-order valence-electron chi connectivity index (χ4n) is 1.67. The van der Waals surface area contributed by atoms with Gasteiger partial charge in [0, 0.05) is 18.5 Å². The van der Waals surface area contributed by atoms with E-state index >= 15 is 0 Å². The van der Waals surface area contributed by atoms with E-state index in [0.717, 1.165) is 40.1 Å². The summed E-state index contributed by atoms with van der Waals surface area (Å²) in [6, 6.07) is 0. The first-order valence-corrected chi connectivity index (χ1v) is 7.56. The van der Waals surface area contributed by atoms with Gasteiger partial charge in [0.05, 0.1) is 16.1 Å². The highest BCUT2D eigenvalue weighted by Crippen LogP contribution is 2.36. The number of oxazole rings is 1. The van der Waals surface area contributed by atoms with Crippen LogP contribution in [0.2, 0.25) is 5.02 Å². The molecule has 0 aliphatic heterocycles. The van der Waals surface area contributed by atoms with E-state index in [9.17, 15) is 0 Å². The second-order valence-electron chi connectivity index (χ2n) is 5.61. The van der Waals surface area contributed by atoms with Gasteiger partial charge in [-0.3, -0.25) is 0 Å². The molecule has 2 rings (SSSR count). The van der Waals surface area contributed by atoms with Crippen molar-refractivity contribution in [2.45, 2.75) is 39.7 Å². The molecule has 2 aromatic heterocycles. The van der Waals surface area contributed by atoms with Gasteiger partial charge in [0.15, 0.2) is 11.7 Å². The van der Waals surface area contributed by atoms with E-state index in [0.29, 0.717) is 0 Å². The molecule has 0 aliphatic rings. The zero-order valence-corrected chi connectivity index (χ0v) is 13.3. The molecule has 104 valence electrons. The minimum atomic E-state index is 0.115. The Kier molecular flexibility index (Phi) is 4.33. The van der Waals surface area contributed by atoms with Crippen molar-refractivity contribution in [1.29, 1.82) is 0 Å². The Hall–Kier alpha value is -0.840. The summed E-state index contributed by atoms with van der Waals surface area (Å²) in [7, 11) is 0. The molecule has 0 radical (unpaired) electrons. The third-order valence-corrected chi connectivity index (χ3v) is 4.38. The lowest BCUT2D eigenvalue weighted by Crippen LogP contribution is -2.37. The van der Waals surface area contributed by atoms with Crippen LogP contribution in [0.25, 0.3) is 10.6 Å². The van der Waals surface area contributed by atoms with Gasteiger partial charge < -0.3 is 9.73 Å². The molecule has 5 heteroatoms. The Balaban J connectivity index is 2.02. The zero-order valence-electron chi connectivity index (χ0n) is 11.7. The van der Waals surface area contributed by atoms with E-state index in [1.165, 1.54) is 0 Å². The maximum atomic E-state index is 6.23. The molecule has 19 heavy (non-hydrogen) atoms. The summed E-state index contributed by atoms with van der Waals surface area (Å²) in [5.74, 6) is 1.50. The maximum absolute atomic E-state index is 6.23. The fraction of sp³-hybridized carbons (Fsp3) is 0.500. The largest absolute Gasteiger partial charge is 0.440 e. The van der Waals surface area contributed by atoms with Crippen LogP contribution in [0.4, 0.5) is 0 Å². The van der Waals surface area contributed by atoms with Gasteiger partial charge in [-0.05, 0) is 38.6 Å². The summed E-state index contributed by atoms with van der Waals surface area (Å²) >= 11 is 7.82. The van der Waals surface area contributed by atoms with E-state index in [1.807, 2.05) is 12.3 Å². The highest BCUT2D eigenvalue weighted by atomic mass is 35.5. The van der Waals surface area contributed by atoms with Crippen LogP contribution in [0.5, 0.6) is 0 Å². The van der Waals surface area contributed by atoms with Gasteiger partial charge >= 0.3 is 0 Å². The minimum absolute atomic E-state index is 0.115. The van der Waals surface area contributed by atoms with Crippen LogP contribution >= 0.6 is 22.9 Å². The Labute approximate surface area is 123 Å². The molecular formula is C14H19ClN2OS. The summed E-state index contributed by atoms with van der Waals surface area (Å²) in [6.45, 7) is 9.26. The van der Waals surface area contributed by atoms with Gasteiger partial charge in [-0.15, -0.1) is 11.3 Å². The van der Waals surface area contributed by atoms with Crippen LogP contribution in [0.3, 0.4) is 0 Å². The second-order valence-corrected chi connectivity index (χ2v) is 6.86. The van der Waals surface area contributed by atoms with Crippen molar-refractivity contribution >= 4 is 22.9 Å². The fourth-order valence-corrected chi connectivity index (χ4v) is 2.90. The average molecular weight is 299 g/mol. The maximum Gasteiger partial charge on any atom is 0.196 e. The number of aromatic nitrogens is 1. The number of aryl methyl sites for hydroxylation is 1. The van der Waals surface area contributed by atoms with Crippen molar-refractivity contribution < 1.29 is 4.42 Å². The monoisotopic (exact) mass is 298 g/mol. The molecule has 0 saturated carbocycles. The third kappa shape index (κ3) is 3.81. The predicted molar refractivity (Wildman–Crippen MR) is 81.0 cm³/mol. The van der Waals surface area contributed by atoms with Crippen molar-refractivity contribution in [3.8, 4) is 10.6 Å². The lowest BCUT2D eigenvalue weighted by molar-refractivity contribution is 0.412. The van der Waals surface area contributed by atoms with Crippen molar-refractivity contribution in [3.05, 3.63) is 28.1 Å². The molecule has 2 aromatic rings. The van der Waals surface area contributed by atoms with Crippen LogP contribution in [-0.4, -0.2) is 17.1 Å². The zero-order chi connectivity index (χ0) is 14.0. The van der Waals surface area contributed by atoms with E-state index < -0.39 is 0 Å². The molecule has 0 unspecified atom stereocenters. The summed E-state index contributed by atoms with van der Waals surface area (Å²) in [5, 5.41) is 6.20. The number of hydrogen-bond acceptors (Lipinski definition) is 4. The smallest absolute Gasteiger partial charge is 0.196 e. The second kappa shape index (κ2) is 5.65. The van der Waals surface area contributed by atoms with Gasteiger partial charge in [-0.1, -0.05) is 11.6 Å². The standard InChI is InChI=1S/C14H19ClN2OS/c1-9-8-19-13(12(9)15)10-7-16-11(18-10)5-6-17-14(2,3)4/h7-8,17H,5-6H2,1-4H3. The summed E-state index contributed by atoms with van der Waals surface area (Å²) < 4.78 is 5.75. The first-order chi connectivity index (χ1) is 8.87. The normalized spacial score (nSPS) is 12.1. The van der Waals surface area contributed by atoms with E-state index in [4.69, 9.17) is 16.0 Å². The Bertz CT molecular complexity index is 554. The highest BCUT2D eigenvalue weighted by molar-refractivity contribution is 7.14. The number of hydrogen-bond donors (Lipinski definition) is 1. The Morgan fingerprint density at radius 3 is 2.74 bits per heavy atom. The molecule has 0 bridgehead atoms. The first-order valence-electron chi connectivity index (χ1n) is 6.30. The van der Waals surface area contributed by atoms with Crippen molar-refractivity contribution in [2.75, 3.05) is 6.54 Å². The summed E-state index contributed by atoms with van der Waals surface area (Å²) in [4.78, 5) is 5.26. The molecule has 0 aromatic carbocycles. The van der Waals surface area contributed by atoms with Crippen molar-refractivity contribution in [2.24, 2.45) is 0 Å². The number of thiophene rings is 1. The Morgan fingerprint density at radius 1 is 1.42 bits per heavy atom. The molecule has 0 amide bonds. The topological polar surface area (TPSA) is 38.1 Å². The quantitative estimate of drug-likeness (QED) is 0.915. The van der Waals surface area contributed by atoms with Gasteiger partial charge in [0.1, 0.15) is 0 Å². The molecule has 3 nitrogen and oxygen atoms in total. The van der Waals surface area contributed by atoms with Crippen LogP contribution in [0.1, 0.15) is 32.2 Å². The van der Waals surface area contributed by atoms with Crippen LogP contribution in [0.15, 0.2) is 16.0 Å². The molecule has 0 saturated heterocycles. The SMILES string of the molecule is Cc1csc(-c2cnc(CCNC(C)(C)C)o2)c1Cl. The number of nitrogens with one attached hydrogen (secondary N) is 1. The lowest BCUT2D eigenvalue weighted by Gasteiger charge is -2.19. The molecule has 0 aliphatic carbocycles. The highest BCUT2D eigenvalue weighted by Gasteiger charge is 2.14. The molecule has 1 N–H and O–H groups in total. The van der Waals surface area contributed by atoms with Gasteiger partial charge in [0.2, 0.25) is 0 Å². The number of rotatable bonds is 4. The number of nitrogens with zero attached hydrogens (tertiary/aromatic N) is 1. The van der Waals surface area contributed by atoms with E-state index in [2.05, 4.69) is 31.1 Å². The van der Waals surface area contributed by atoms with Gasteiger partial charge in [-0.2, -0.15) is 0 Å². The molecule has 2 heterocycles. The lowest BCUT2D eigenvalue weighted by atomic mass is 10.1. The Morgan fingerprint density at radius 2 is 2.16 bits per heavy atom. The number of halogens is 1. The van der Waals surface area contributed by atoms with Crippen LogP contribution in [-0.2, 0) is 6.42 Å². The summed E-state index contributed by atoms with van der Waals surface area (Å²) in [5.41, 5.74) is 1.19. The predicted octanol–water partition coefficient (Wildman–Crippen LogP) is 4.30.